The van der Waals surface area contributed by atoms with E-state index < -0.39 is 0 Å². The lowest BCUT2D eigenvalue weighted by molar-refractivity contribution is 0.147. The van der Waals surface area contributed by atoms with Crippen LogP contribution in [0.2, 0.25) is 0 Å². The summed E-state index contributed by atoms with van der Waals surface area (Å²) in [5.74, 6) is 0.593. The van der Waals surface area contributed by atoms with Crippen LogP contribution in [0.4, 0.5) is 11.6 Å². The van der Waals surface area contributed by atoms with E-state index in [0.29, 0.717) is 12.0 Å². The highest BCUT2D eigenvalue weighted by molar-refractivity contribution is 5.49. The van der Waals surface area contributed by atoms with Crippen molar-refractivity contribution in [1.82, 2.24) is 24.8 Å². The first-order chi connectivity index (χ1) is 13.4. The Bertz CT molecular complexity index is 840. The number of likely N-dealkylation sites (tertiary alicyclic amines) is 1. The highest BCUT2D eigenvalue weighted by Gasteiger charge is 2.25. The summed E-state index contributed by atoms with van der Waals surface area (Å²) in [4.78, 5) is 19.7. The minimum absolute atomic E-state index is 0.345. The van der Waals surface area contributed by atoms with Gasteiger partial charge in [-0.05, 0) is 37.4 Å². The van der Waals surface area contributed by atoms with Crippen LogP contribution < -0.4 is 5.32 Å². The fourth-order valence-electron chi connectivity index (χ4n) is 3.62. The minimum atomic E-state index is 0.345. The summed E-state index contributed by atoms with van der Waals surface area (Å²) in [5, 5.41) is 3.19. The van der Waals surface area contributed by atoms with Gasteiger partial charge < -0.3 is 5.32 Å². The Kier molecular flexibility index (Phi) is 5.64. The largest absolute Gasteiger partial charge is 0.322 e. The van der Waals surface area contributed by atoms with Crippen molar-refractivity contribution in [1.29, 1.82) is 0 Å². The molecule has 0 radical (unpaired) electrons. The van der Waals surface area contributed by atoms with E-state index in [1.807, 2.05) is 12.3 Å². The van der Waals surface area contributed by atoms with Crippen LogP contribution in [0.25, 0.3) is 0 Å². The van der Waals surface area contributed by atoms with Crippen LogP contribution >= 0.6 is 0 Å². The number of aromatic nitrogens is 4. The Hall–Kier alpha value is -2.86. The predicted octanol–water partition coefficient (Wildman–Crippen LogP) is 3.78. The molecule has 0 spiro atoms. The van der Waals surface area contributed by atoms with Gasteiger partial charge in [-0.2, -0.15) is 0 Å². The van der Waals surface area contributed by atoms with Gasteiger partial charge in [0.2, 0.25) is 5.95 Å². The molecule has 3 heterocycles. The molecule has 0 amide bonds. The molecule has 3 aromatic rings. The number of hydrogen-bond donors (Lipinski definition) is 1. The van der Waals surface area contributed by atoms with Gasteiger partial charge in [0, 0.05) is 12.7 Å². The molecule has 6 nitrogen and oxygen atoms in total. The maximum Gasteiger partial charge on any atom is 0.227 e. The summed E-state index contributed by atoms with van der Waals surface area (Å²) >= 11 is 0. The van der Waals surface area contributed by atoms with E-state index in [2.05, 4.69) is 55.5 Å². The fourth-order valence-corrected chi connectivity index (χ4v) is 3.62. The predicted molar refractivity (Wildman–Crippen MR) is 106 cm³/mol. The van der Waals surface area contributed by atoms with Crippen LogP contribution in [0.3, 0.4) is 0 Å². The number of anilines is 2. The van der Waals surface area contributed by atoms with Crippen LogP contribution in [0.5, 0.6) is 0 Å². The summed E-state index contributed by atoms with van der Waals surface area (Å²) in [6, 6.07) is 13.1. The van der Waals surface area contributed by atoms with Crippen molar-refractivity contribution in [2.75, 3.05) is 18.4 Å². The smallest absolute Gasteiger partial charge is 0.227 e. The number of piperidine rings is 1. The van der Waals surface area contributed by atoms with Gasteiger partial charge in [0.15, 0.2) is 0 Å². The molecular weight excluding hydrogens is 336 g/mol. The van der Waals surface area contributed by atoms with Gasteiger partial charge in [-0.15, -0.1) is 0 Å². The summed E-state index contributed by atoms with van der Waals surface area (Å²) in [5.41, 5.74) is 3.26. The van der Waals surface area contributed by atoms with Crippen molar-refractivity contribution in [3.05, 3.63) is 72.6 Å². The molecule has 1 aliphatic heterocycles. The third-order valence-electron chi connectivity index (χ3n) is 4.98. The lowest BCUT2D eigenvalue weighted by Gasteiger charge is -2.35. The number of nitrogens with one attached hydrogen (secondary N) is 1. The second-order valence-electron chi connectivity index (χ2n) is 6.84. The Labute approximate surface area is 159 Å². The molecule has 0 saturated carbocycles. The maximum absolute atomic E-state index is 4.78. The van der Waals surface area contributed by atoms with Gasteiger partial charge in [-0.25, -0.2) is 19.9 Å². The van der Waals surface area contributed by atoms with Crippen molar-refractivity contribution in [2.45, 2.75) is 31.7 Å². The van der Waals surface area contributed by atoms with E-state index in [9.17, 15) is 0 Å². The first-order valence-electron chi connectivity index (χ1n) is 9.51. The monoisotopic (exact) mass is 360 g/mol. The molecule has 1 fully saturated rings. The molecular formula is C21H24N6. The zero-order chi connectivity index (χ0) is 18.3. The van der Waals surface area contributed by atoms with Gasteiger partial charge in [0.25, 0.3) is 0 Å². The summed E-state index contributed by atoms with van der Waals surface area (Å²) < 4.78 is 0. The lowest BCUT2D eigenvalue weighted by Crippen LogP contribution is -2.35. The average molecular weight is 360 g/mol. The molecule has 1 aromatic carbocycles. The quantitative estimate of drug-likeness (QED) is 0.722. The summed E-state index contributed by atoms with van der Waals surface area (Å²) in [7, 11) is 0. The van der Waals surface area contributed by atoms with Crippen molar-refractivity contribution in [3.63, 3.8) is 0 Å². The molecule has 0 bridgehead atoms. The maximum atomic E-state index is 4.78. The molecule has 27 heavy (non-hydrogen) atoms. The van der Waals surface area contributed by atoms with Gasteiger partial charge in [-0.3, -0.25) is 4.90 Å². The number of benzene rings is 1. The zero-order valence-electron chi connectivity index (χ0n) is 15.3. The van der Waals surface area contributed by atoms with E-state index in [4.69, 9.17) is 4.98 Å². The van der Waals surface area contributed by atoms with Crippen molar-refractivity contribution in [3.8, 4) is 0 Å². The van der Waals surface area contributed by atoms with Crippen LogP contribution in [-0.4, -0.2) is 37.9 Å². The van der Waals surface area contributed by atoms with Crippen LogP contribution in [0.1, 0.15) is 36.6 Å². The highest BCUT2D eigenvalue weighted by Crippen LogP contribution is 2.30. The summed E-state index contributed by atoms with van der Waals surface area (Å²) in [6.45, 7) is 2.17. The van der Waals surface area contributed by atoms with Gasteiger partial charge >= 0.3 is 0 Å². The standard InChI is InChI=1S/C21H24N6/c1-2-6-17(7-3-1)10-13-27-12-5-4-8-20(27)19-9-11-24-21(26-19)25-18-14-22-16-23-15-18/h1-3,6-7,9,11,14-16,20H,4-5,8,10,12-13H2,(H,24,25,26)/t20-/m0/s1. The Morgan fingerprint density at radius 3 is 2.74 bits per heavy atom. The average Bonchev–Trinajstić information content (AvgIpc) is 2.74. The SMILES string of the molecule is c1ccc(CCN2CCCC[C@H]2c2ccnc(Nc3cncnc3)n2)cc1. The molecule has 2 aromatic heterocycles. The Morgan fingerprint density at radius 2 is 1.89 bits per heavy atom. The Balaban J connectivity index is 1.47. The van der Waals surface area contributed by atoms with Gasteiger partial charge in [-0.1, -0.05) is 36.8 Å². The van der Waals surface area contributed by atoms with E-state index in [-0.39, 0.29) is 0 Å². The molecule has 0 unspecified atom stereocenters. The van der Waals surface area contributed by atoms with Crippen LogP contribution in [0.15, 0.2) is 61.3 Å². The second-order valence-corrected chi connectivity index (χ2v) is 6.84. The van der Waals surface area contributed by atoms with Gasteiger partial charge in [0.05, 0.1) is 29.8 Å². The highest BCUT2D eigenvalue weighted by atomic mass is 15.2. The van der Waals surface area contributed by atoms with Crippen LogP contribution in [0, 0.1) is 0 Å². The molecule has 0 aliphatic carbocycles. The molecule has 6 heteroatoms. The number of hydrogen-bond acceptors (Lipinski definition) is 6. The van der Waals surface area contributed by atoms with E-state index in [1.54, 1.807) is 12.4 Å². The van der Waals surface area contributed by atoms with Crippen molar-refractivity contribution < 1.29 is 0 Å². The third kappa shape index (κ3) is 4.65. The molecule has 1 aliphatic rings. The molecule has 1 saturated heterocycles. The van der Waals surface area contributed by atoms with Crippen molar-refractivity contribution >= 4 is 11.6 Å². The van der Waals surface area contributed by atoms with E-state index in [1.165, 1.54) is 24.7 Å². The topological polar surface area (TPSA) is 66.8 Å². The molecule has 4 rings (SSSR count). The van der Waals surface area contributed by atoms with Gasteiger partial charge in [0.1, 0.15) is 6.33 Å². The van der Waals surface area contributed by atoms with Crippen molar-refractivity contribution in [2.24, 2.45) is 0 Å². The fraction of sp³-hybridized carbons (Fsp3) is 0.333. The normalized spacial score (nSPS) is 17.6. The lowest BCUT2D eigenvalue weighted by atomic mass is 9.98. The first-order valence-corrected chi connectivity index (χ1v) is 9.51. The van der Waals surface area contributed by atoms with E-state index in [0.717, 1.165) is 37.3 Å². The number of nitrogens with zero attached hydrogens (tertiary/aromatic N) is 5. The summed E-state index contributed by atoms with van der Waals surface area (Å²) in [6.07, 6.45) is 11.5. The van der Waals surface area contributed by atoms with E-state index >= 15 is 0 Å². The Morgan fingerprint density at radius 1 is 1.04 bits per heavy atom. The second kappa shape index (κ2) is 8.68. The minimum Gasteiger partial charge on any atom is -0.322 e. The molecule has 1 N–H and O–H groups in total. The molecule has 1 atom stereocenters. The van der Waals surface area contributed by atoms with Crippen LogP contribution in [-0.2, 0) is 6.42 Å². The number of rotatable bonds is 6. The molecule has 138 valence electrons. The first kappa shape index (κ1) is 17.5. The third-order valence-corrected chi connectivity index (χ3v) is 4.98. The zero-order valence-corrected chi connectivity index (χ0v) is 15.3.